The van der Waals surface area contributed by atoms with Crippen LogP contribution in [0.3, 0.4) is 0 Å². The van der Waals surface area contributed by atoms with Crippen LogP contribution in [0.2, 0.25) is 0 Å². The van der Waals surface area contributed by atoms with Crippen molar-refractivity contribution in [3.05, 3.63) is 23.4 Å². The highest BCUT2D eigenvalue weighted by Crippen LogP contribution is 2.14. The SMILES string of the molecule is Cc1nc(NC(C)CCC(C)C)ccc1C(=O)O. The van der Waals surface area contributed by atoms with Crippen LogP contribution in [0.15, 0.2) is 12.1 Å². The third-order valence-electron chi connectivity index (χ3n) is 2.89. The van der Waals surface area contributed by atoms with Crippen LogP contribution in [-0.4, -0.2) is 22.1 Å². The summed E-state index contributed by atoms with van der Waals surface area (Å²) in [6, 6.07) is 3.67. The van der Waals surface area contributed by atoms with Gasteiger partial charge in [-0.3, -0.25) is 0 Å². The quantitative estimate of drug-likeness (QED) is 0.813. The van der Waals surface area contributed by atoms with Gasteiger partial charge in [0.25, 0.3) is 0 Å². The molecular formula is C14H22N2O2. The Kier molecular flexibility index (Phi) is 5.13. The number of carboxylic acid groups (broad SMARTS) is 1. The molecule has 0 radical (unpaired) electrons. The number of carboxylic acids is 1. The molecule has 0 aliphatic heterocycles. The Morgan fingerprint density at radius 3 is 2.50 bits per heavy atom. The van der Waals surface area contributed by atoms with Crippen LogP contribution in [-0.2, 0) is 0 Å². The van der Waals surface area contributed by atoms with Crippen molar-refractivity contribution in [3.8, 4) is 0 Å². The summed E-state index contributed by atoms with van der Waals surface area (Å²) >= 11 is 0. The van der Waals surface area contributed by atoms with Crippen molar-refractivity contribution in [3.63, 3.8) is 0 Å². The first-order chi connectivity index (χ1) is 8.40. The Bertz CT molecular complexity index is 416. The minimum absolute atomic E-state index is 0.260. The number of anilines is 1. The van der Waals surface area contributed by atoms with Gasteiger partial charge in [0.2, 0.25) is 0 Å². The van der Waals surface area contributed by atoms with E-state index in [1.54, 1.807) is 19.1 Å². The highest BCUT2D eigenvalue weighted by Gasteiger charge is 2.10. The van der Waals surface area contributed by atoms with Crippen molar-refractivity contribution < 1.29 is 9.90 Å². The fourth-order valence-corrected chi connectivity index (χ4v) is 1.78. The lowest BCUT2D eigenvalue weighted by Gasteiger charge is -2.16. The number of aromatic carboxylic acids is 1. The maximum Gasteiger partial charge on any atom is 0.337 e. The van der Waals surface area contributed by atoms with Gasteiger partial charge in [-0.15, -0.1) is 0 Å². The van der Waals surface area contributed by atoms with Gasteiger partial charge < -0.3 is 10.4 Å². The summed E-state index contributed by atoms with van der Waals surface area (Å²) in [6.07, 6.45) is 2.25. The lowest BCUT2D eigenvalue weighted by atomic mass is 10.0. The molecule has 0 amide bonds. The van der Waals surface area contributed by atoms with Crippen molar-refractivity contribution >= 4 is 11.8 Å². The van der Waals surface area contributed by atoms with Gasteiger partial charge in [-0.2, -0.15) is 0 Å². The zero-order valence-electron chi connectivity index (χ0n) is 11.5. The van der Waals surface area contributed by atoms with E-state index in [1.807, 2.05) is 0 Å². The second-order valence-electron chi connectivity index (χ2n) is 5.15. The molecule has 1 heterocycles. The average molecular weight is 250 g/mol. The minimum atomic E-state index is -0.931. The summed E-state index contributed by atoms with van der Waals surface area (Å²) in [5.41, 5.74) is 0.805. The summed E-state index contributed by atoms with van der Waals surface area (Å²) in [4.78, 5) is 15.1. The number of nitrogens with zero attached hydrogens (tertiary/aromatic N) is 1. The molecule has 2 N–H and O–H groups in total. The summed E-state index contributed by atoms with van der Waals surface area (Å²) in [7, 11) is 0. The summed E-state index contributed by atoms with van der Waals surface area (Å²) in [6.45, 7) is 8.24. The van der Waals surface area contributed by atoms with Crippen LogP contribution in [0.5, 0.6) is 0 Å². The largest absolute Gasteiger partial charge is 0.478 e. The molecule has 0 fully saturated rings. The van der Waals surface area contributed by atoms with Crippen molar-refractivity contribution in [2.75, 3.05) is 5.32 Å². The predicted octanol–water partition coefficient (Wildman–Crippen LogP) is 3.32. The van der Waals surface area contributed by atoms with Gasteiger partial charge in [0.05, 0.1) is 11.3 Å². The average Bonchev–Trinajstić information content (AvgIpc) is 2.26. The van der Waals surface area contributed by atoms with Gasteiger partial charge in [-0.1, -0.05) is 13.8 Å². The maximum absolute atomic E-state index is 10.9. The van der Waals surface area contributed by atoms with E-state index >= 15 is 0 Å². The van der Waals surface area contributed by atoms with E-state index in [1.165, 1.54) is 6.42 Å². The van der Waals surface area contributed by atoms with E-state index < -0.39 is 5.97 Å². The number of aromatic nitrogens is 1. The molecule has 1 rings (SSSR count). The van der Waals surface area contributed by atoms with Crippen molar-refractivity contribution in [1.82, 2.24) is 4.98 Å². The lowest BCUT2D eigenvalue weighted by Crippen LogP contribution is -2.17. The molecule has 18 heavy (non-hydrogen) atoms. The Morgan fingerprint density at radius 2 is 2.00 bits per heavy atom. The maximum atomic E-state index is 10.9. The molecule has 4 nitrogen and oxygen atoms in total. The fourth-order valence-electron chi connectivity index (χ4n) is 1.78. The number of aryl methyl sites for hydroxylation is 1. The van der Waals surface area contributed by atoms with Gasteiger partial charge in [0.15, 0.2) is 0 Å². The molecule has 0 spiro atoms. The minimum Gasteiger partial charge on any atom is -0.478 e. The van der Waals surface area contributed by atoms with Gasteiger partial charge in [-0.25, -0.2) is 9.78 Å². The Hall–Kier alpha value is -1.58. The molecular weight excluding hydrogens is 228 g/mol. The molecule has 0 aliphatic carbocycles. The normalized spacial score (nSPS) is 12.5. The topological polar surface area (TPSA) is 62.2 Å². The third-order valence-corrected chi connectivity index (χ3v) is 2.89. The lowest BCUT2D eigenvalue weighted by molar-refractivity contribution is 0.0695. The molecule has 0 aromatic carbocycles. The first-order valence-electron chi connectivity index (χ1n) is 6.37. The number of carbonyl (C=O) groups is 1. The molecule has 0 saturated heterocycles. The number of nitrogens with one attached hydrogen (secondary N) is 1. The van der Waals surface area contributed by atoms with Crippen LogP contribution in [0.25, 0.3) is 0 Å². The Balaban J connectivity index is 2.63. The first-order valence-corrected chi connectivity index (χ1v) is 6.37. The van der Waals surface area contributed by atoms with Crippen molar-refractivity contribution in [1.29, 1.82) is 0 Å². The van der Waals surface area contributed by atoms with E-state index in [4.69, 9.17) is 5.11 Å². The van der Waals surface area contributed by atoms with Gasteiger partial charge in [0.1, 0.15) is 5.82 Å². The van der Waals surface area contributed by atoms with E-state index in [-0.39, 0.29) is 5.56 Å². The van der Waals surface area contributed by atoms with Gasteiger partial charge in [-0.05, 0) is 44.7 Å². The van der Waals surface area contributed by atoms with E-state index in [0.717, 1.165) is 12.2 Å². The summed E-state index contributed by atoms with van der Waals surface area (Å²) < 4.78 is 0. The fraction of sp³-hybridized carbons (Fsp3) is 0.571. The van der Waals surface area contributed by atoms with Crippen LogP contribution >= 0.6 is 0 Å². The smallest absolute Gasteiger partial charge is 0.337 e. The van der Waals surface area contributed by atoms with Gasteiger partial charge >= 0.3 is 5.97 Å². The van der Waals surface area contributed by atoms with Crippen LogP contribution < -0.4 is 5.32 Å². The summed E-state index contributed by atoms with van der Waals surface area (Å²) in [5.74, 6) is 0.506. The monoisotopic (exact) mass is 250 g/mol. The number of hydrogen-bond acceptors (Lipinski definition) is 3. The van der Waals surface area contributed by atoms with E-state index in [2.05, 4.69) is 31.1 Å². The standard InChI is InChI=1S/C14H22N2O2/c1-9(2)5-6-10(3)15-13-8-7-12(14(17)18)11(4)16-13/h7-10H,5-6H2,1-4H3,(H,15,16)(H,17,18). The predicted molar refractivity (Wildman–Crippen MR) is 73.1 cm³/mol. The van der Waals surface area contributed by atoms with E-state index in [9.17, 15) is 4.79 Å². The van der Waals surface area contributed by atoms with E-state index in [0.29, 0.717) is 17.7 Å². The second kappa shape index (κ2) is 6.38. The number of pyridine rings is 1. The highest BCUT2D eigenvalue weighted by molar-refractivity contribution is 5.89. The van der Waals surface area contributed by atoms with Crippen molar-refractivity contribution in [2.24, 2.45) is 5.92 Å². The molecule has 0 saturated carbocycles. The highest BCUT2D eigenvalue weighted by atomic mass is 16.4. The molecule has 100 valence electrons. The Morgan fingerprint density at radius 1 is 1.33 bits per heavy atom. The number of rotatable bonds is 6. The molecule has 0 bridgehead atoms. The second-order valence-corrected chi connectivity index (χ2v) is 5.15. The van der Waals surface area contributed by atoms with Crippen LogP contribution in [0.1, 0.15) is 49.7 Å². The number of hydrogen-bond donors (Lipinski definition) is 2. The summed E-state index contributed by atoms with van der Waals surface area (Å²) in [5, 5.41) is 12.2. The molecule has 0 aliphatic rings. The van der Waals surface area contributed by atoms with Crippen LogP contribution in [0, 0.1) is 12.8 Å². The molecule has 1 aromatic heterocycles. The molecule has 4 heteroatoms. The molecule has 1 aromatic rings. The zero-order valence-corrected chi connectivity index (χ0v) is 11.5. The van der Waals surface area contributed by atoms with Crippen molar-refractivity contribution in [2.45, 2.75) is 46.6 Å². The zero-order chi connectivity index (χ0) is 13.7. The van der Waals surface area contributed by atoms with Crippen LogP contribution in [0.4, 0.5) is 5.82 Å². The first kappa shape index (κ1) is 14.5. The van der Waals surface area contributed by atoms with Gasteiger partial charge in [0, 0.05) is 6.04 Å². The third kappa shape index (κ3) is 4.35. The Labute approximate surface area is 108 Å². The molecule has 1 unspecified atom stereocenters. The molecule has 1 atom stereocenters.